The molecule has 0 radical (unpaired) electrons. The summed E-state index contributed by atoms with van der Waals surface area (Å²) in [5.74, 6) is 1.99. The van der Waals surface area contributed by atoms with Crippen molar-refractivity contribution in [3.63, 3.8) is 0 Å². The van der Waals surface area contributed by atoms with Crippen molar-refractivity contribution in [2.24, 2.45) is 0 Å². The molecule has 0 bridgehead atoms. The maximum Gasteiger partial charge on any atom is 0.203 e. The molecule has 0 aliphatic carbocycles. The first-order chi connectivity index (χ1) is 17.8. The Bertz CT molecular complexity index is 878. The molecule has 0 aliphatic heterocycles. The van der Waals surface area contributed by atoms with Gasteiger partial charge in [0.05, 0.1) is 26.4 Å². The van der Waals surface area contributed by atoms with Gasteiger partial charge in [-0.05, 0) is 37.8 Å². The van der Waals surface area contributed by atoms with Crippen LogP contribution in [0.15, 0.2) is 24.3 Å². The Morgan fingerprint density at radius 1 is 0.514 bits per heavy atom. The summed E-state index contributed by atoms with van der Waals surface area (Å²) in [4.78, 5) is 0. The van der Waals surface area contributed by atoms with Crippen LogP contribution in [0.25, 0.3) is 0 Å². The van der Waals surface area contributed by atoms with Crippen LogP contribution in [-0.4, -0.2) is 36.6 Å². The molecule has 0 aromatic heterocycles. The number of unbranched alkanes of at least 4 members (excludes halogenated alkanes) is 4. The zero-order valence-corrected chi connectivity index (χ0v) is 23.8. The van der Waals surface area contributed by atoms with Gasteiger partial charge in [0.1, 0.15) is 0 Å². The van der Waals surface area contributed by atoms with E-state index in [9.17, 15) is 10.2 Å². The summed E-state index contributed by atoms with van der Waals surface area (Å²) in [5, 5.41) is 21.4. The van der Waals surface area contributed by atoms with Crippen LogP contribution in [-0.2, 0) is 5.41 Å². The molecule has 0 amide bonds. The number of rotatable bonds is 18. The summed E-state index contributed by atoms with van der Waals surface area (Å²) in [6, 6.07) is 7.12. The Labute approximate surface area is 223 Å². The van der Waals surface area contributed by atoms with Crippen molar-refractivity contribution in [3.8, 4) is 34.5 Å². The molecule has 0 atom stereocenters. The van der Waals surface area contributed by atoms with E-state index < -0.39 is 5.41 Å². The van der Waals surface area contributed by atoms with E-state index in [-0.39, 0.29) is 11.5 Å². The Kier molecular flexibility index (Phi) is 12.7. The van der Waals surface area contributed by atoms with Crippen LogP contribution in [0.2, 0.25) is 0 Å². The SMILES string of the molecule is CCCCOc1c(O)ccc(C(C)(C)c2ccc(O)c(OCCCC)c2OCCCC)c1OCCCC. The highest BCUT2D eigenvalue weighted by Gasteiger charge is 2.35. The third-order valence-corrected chi connectivity index (χ3v) is 6.51. The van der Waals surface area contributed by atoms with Crippen molar-refractivity contribution in [3.05, 3.63) is 35.4 Å². The number of phenols is 2. The average molecular weight is 517 g/mol. The van der Waals surface area contributed by atoms with Crippen LogP contribution < -0.4 is 18.9 Å². The molecule has 0 spiro atoms. The zero-order valence-electron chi connectivity index (χ0n) is 23.8. The van der Waals surface area contributed by atoms with Gasteiger partial charge in [-0.25, -0.2) is 0 Å². The molecule has 0 unspecified atom stereocenters. The van der Waals surface area contributed by atoms with Crippen molar-refractivity contribution in [2.75, 3.05) is 26.4 Å². The number of hydrogen-bond acceptors (Lipinski definition) is 6. The lowest BCUT2D eigenvalue weighted by molar-refractivity contribution is 0.243. The highest BCUT2D eigenvalue weighted by atomic mass is 16.5. The minimum Gasteiger partial charge on any atom is -0.504 e. The molecule has 0 heterocycles. The van der Waals surface area contributed by atoms with E-state index in [1.807, 2.05) is 12.1 Å². The van der Waals surface area contributed by atoms with Crippen LogP contribution in [0.4, 0.5) is 0 Å². The van der Waals surface area contributed by atoms with E-state index in [1.54, 1.807) is 12.1 Å². The van der Waals surface area contributed by atoms with E-state index in [0.717, 1.165) is 62.5 Å². The first-order valence-electron chi connectivity index (χ1n) is 14.1. The quantitative estimate of drug-likeness (QED) is 0.195. The second-order valence-corrected chi connectivity index (χ2v) is 10.0. The Balaban J connectivity index is 2.66. The number of aromatic hydroxyl groups is 2. The average Bonchev–Trinajstić information content (AvgIpc) is 2.87. The maximum atomic E-state index is 10.7. The summed E-state index contributed by atoms with van der Waals surface area (Å²) < 4.78 is 24.7. The lowest BCUT2D eigenvalue weighted by atomic mass is 9.76. The van der Waals surface area contributed by atoms with Crippen LogP contribution >= 0.6 is 0 Å². The lowest BCUT2D eigenvalue weighted by Crippen LogP contribution is -2.23. The summed E-state index contributed by atoms with van der Waals surface area (Å²) in [7, 11) is 0. The predicted octanol–water partition coefficient (Wildman–Crippen LogP) is 8.14. The third-order valence-electron chi connectivity index (χ3n) is 6.51. The zero-order chi connectivity index (χ0) is 27.3. The Morgan fingerprint density at radius 3 is 1.11 bits per heavy atom. The molecule has 6 nitrogen and oxygen atoms in total. The molecule has 2 aromatic carbocycles. The number of ether oxygens (including phenoxy) is 4. The monoisotopic (exact) mass is 516 g/mol. The van der Waals surface area contributed by atoms with Crippen LogP contribution in [0, 0.1) is 0 Å². The largest absolute Gasteiger partial charge is 0.504 e. The molecule has 0 aliphatic rings. The van der Waals surface area contributed by atoms with E-state index in [0.29, 0.717) is 49.4 Å². The minimum absolute atomic E-state index is 0.0656. The smallest absolute Gasteiger partial charge is 0.203 e. The Morgan fingerprint density at radius 2 is 0.811 bits per heavy atom. The molecule has 2 rings (SSSR count). The first kappa shape index (κ1) is 30.5. The fourth-order valence-corrected chi connectivity index (χ4v) is 4.07. The van der Waals surface area contributed by atoms with Crippen LogP contribution in [0.5, 0.6) is 34.5 Å². The molecular formula is C31H48O6. The third kappa shape index (κ3) is 8.11. The molecule has 0 saturated heterocycles. The van der Waals surface area contributed by atoms with E-state index in [2.05, 4.69) is 41.5 Å². The highest BCUT2D eigenvalue weighted by Crippen LogP contribution is 2.51. The van der Waals surface area contributed by atoms with Crippen molar-refractivity contribution in [1.82, 2.24) is 0 Å². The van der Waals surface area contributed by atoms with Crippen molar-refractivity contribution in [1.29, 1.82) is 0 Å². The molecule has 2 aromatic rings. The maximum absolute atomic E-state index is 10.7. The predicted molar refractivity (Wildman–Crippen MR) is 150 cm³/mol. The van der Waals surface area contributed by atoms with Gasteiger partial charge in [0.2, 0.25) is 11.5 Å². The standard InChI is InChI=1S/C31H48O6/c1-7-11-19-34-27-23(15-17-25(32)29(27)36-21-13-9-3)31(5,6)24-16-18-26(33)30(37-22-14-10-4)28(24)35-20-12-8-2/h15-18,32-33H,7-14,19-22H2,1-6H3. The molecule has 37 heavy (non-hydrogen) atoms. The Hall–Kier alpha value is -2.76. The summed E-state index contributed by atoms with van der Waals surface area (Å²) >= 11 is 0. The van der Waals surface area contributed by atoms with Crippen LogP contribution in [0.3, 0.4) is 0 Å². The molecule has 208 valence electrons. The van der Waals surface area contributed by atoms with E-state index in [4.69, 9.17) is 18.9 Å². The summed E-state index contributed by atoms with van der Waals surface area (Å²) in [6.07, 6.45) is 7.52. The van der Waals surface area contributed by atoms with Crippen LogP contribution in [0.1, 0.15) is 104 Å². The molecular weight excluding hydrogens is 468 g/mol. The molecule has 6 heteroatoms. The van der Waals surface area contributed by atoms with Gasteiger partial charge in [-0.1, -0.05) is 79.4 Å². The van der Waals surface area contributed by atoms with E-state index >= 15 is 0 Å². The van der Waals surface area contributed by atoms with Gasteiger partial charge in [-0.15, -0.1) is 0 Å². The second-order valence-electron chi connectivity index (χ2n) is 10.0. The topological polar surface area (TPSA) is 77.4 Å². The van der Waals surface area contributed by atoms with Gasteiger partial charge in [-0.3, -0.25) is 0 Å². The minimum atomic E-state index is -0.615. The van der Waals surface area contributed by atoms with Crippen molar-refractivity contribution >= 4 is 0 Å². The number of hydrogen-bond donors (Lipinski definition) is 2. The second kappa shape index (κ2) is 15.5. The molecule has 2 N–H and O–H groups in total. The number of phenolic OH excluding ortho intramolecular Hbond substituents is 2. The fourth-order valence-electron chi connectivity index (χ4n) is 4.07. The highest BCUT2D eigenvalue weighted by molar-refractivity contribution is 5.64. The summed E-state index contributed by atoms with van der Waals surface area (Å²) in [6.45, 7) is 14.7. The molecule has 0 fully saturated rings. The first-order valence-corrected chi connectivity index (χ1v) is 14.1. The van der Waals surface area contributed by atoms with Crippen molar-refractivity contribution in [2.45, 2.75) is 98.3 Å². The van der Waals surface area contributed by atoms with Crippen molar-refractivity contribution < 1.29 is 29.2 Å². The van der Waals surface area contributed by atoms with Gasteiger partial charge in [-0.2, -0.15) is 0 Å². The lowest BCUT2D eigenvalue weighted by Gasteiger charge is -2.32. The van der Waals surface area contributed by atoms with Gasteiger partial charge < -0.3 is 29.2 Å². The van der Waals surface area contributed by atoms with Gasteiger partial charge in [0.15, 0.2) is 23.0 Å². The van der Waals surface area contributed by atoms with Gasteiger partial charge in [0, 0.05) is 16.5 Å². The summed E-state index contributed by atoms with van der Waals surface area (Å²) in [5.41, 5.74) is 1.13. The normalized spacial score (nSPS) is 11.4. The van der Waals surface area contributed by atoms with Gasteiger partial charge >= 0.3 is 0 Å². The molecule has 0 saturated carbocycles. The van der Waals surface area contributed by atoms with Gasteiger partial charge in [0.25, 0.3) is 0 Å². The fraction of sp³-hybridized carbons (Fsp3) is 0.613. The number of benzene rings is 2. The van der Waals surface area contributed by atoms with E-state index in [1.165, 1.54) is 0 Å².